The van der Waals surface area contributed by atoms with Gasteiger partial charge in [-0.1, -0.05) is 0 Å². The highest BCUT2D eigenvalue weighted by Crippen LogP contribution is 2.44. The second kappa shape index (κ2) is 10.8. The van der Waals surface area contributed by atoms with Crippen molar-refractivity contribution in [1.82, 2.24) is 0 Å². The summed E-state index contributed by atoms with van der Waals surface area (Å²) in [5.41, 5.74) is 0.677. The molecule has 0 spiro atoms. The first-order valence-corrected chi connectivity index (χ1v) is 10.5. The Morgan fingerprint density at radius 1 is 1.14 bits per heavy atom. The first kappa shape index (κ1) is 27.9. The molecule has 3 N–H and O–H groups in total. The fourth-order valence-electron chi connectivity index (χ4n) is 3.31. The number of anilines is 1. The lowest BCUT2D eigenvalue weighted by atomic mass is 9.98. The van der Waals surface area contributed by atoms with E-state index < -0.39 is 64.4 Å². The standard InChI is InChI=1S/C23H20F7N3O4/c1-33(15-4-2-14(24)3-5-15)21(35)37-20-16(12(8-31)9-32-18-10-36-11-19(18)34)6-13(22(25,26)27)7-17(20)23(28,29)30/h2-9,18-19,34H,10-11,31H2,1H3. The topological polar surface area (TPSA) is 97.4 Å². The number of aliphatic hydroxyl groups excluding tert-OH is 1. The maximum Gasteiger partial charge on any atom is 0.420 e. The maximum atomic E-state index is 13.9. The van der Waals surface area contributed by atoms with E-state index in [-0.39, 0.29) is 25.0 Å². The van der Waals surface area contributed by atoms with Crippen molar-refractivity contribution in [2.24, 2.45) is 10.7 Å². The molecule has 200 valence electrons. The van der Waals surface area contributed by atoms with Crippen molar-refractivity contribution >= 4 is 23.6 Å². The summed E-state index contributed by atoms with van der Waals surface area (Å²) >= 11 is 0. The normalized spacial score (nSPS) is 18.9. The van der Waals surface area contributed by atoms with Crippen molar-refractivity contribution in [3.05, 3.63) is 65.1 Å². The summed E-state index contributed by atoms with van der Waals surface area (Å²) in [6.45, 7) is -0.111. The van der Waals surface area contributed by atoms with Crippen LogP contribution < -0.4 is 15.4 Å². The second-order valence-corrected chi connectivity index (χ2v) is 7.87. The predicted octanol–water partition coefficient (Wildman–Crippen LogP) is 4.63. The van der Waals surface area contributed by atoms with Gasteiger partial charge >= 0.3 is 18.4 Å². The second-order valence-electron chi connectivity index (χ2n) is 7.87. The van der Waals surface area contributed by atoms with Crippen molar-refractivity contribution in [3.8, 4) is 5.75 Å². The predicted molar refractivity (Wildman–Crippen MR) is 119 cm³/mol. The Morgan fingerprint density at radius 2 is 1.78 bits per heavy atom. The summed E-state index contributed by atoms with van der Waals surface area (Å²) in [5, 5.41) is 9.82. The number of aliphatic hydroxyl groups is 1. The molecule has 2 aromatic rings. The Labute approximate surface area is 205 Å². The number of benzene rings is 2. The third kappa shape index (κ3) is 6.57. The van der Waals surface area contributed by atoms with Gasteiger partial charge in [0.1, 0.15) is 18.0 Å². The summed E-state index contributed by atoms with van der Waals surface area (Å²) in [7, 11) is 1.11. The number of amides is 1. The van der Waals surface area contributed by atoms with Crippen LogP contribution in [0.2, 0.25) is 0 Å². The molecule has 1 saturated heterocycles. The zero-order valence-corrected chi connectivity index (χ0v) is 19.0. The summed E-state index contributed by atoms with van der Waals surface area (Å²) in [6, 6.07) is 3.54. The van der Waals surface area contributed by atoms with E-state index in [0.29, 0.717) is 12.3 Å². The molecule has 0 saturated carbocycles. The van der Waals surface area contributed by atoms with E-state index in [2.05, 4.69) is 4.99 Å². The number of hydrogen-bond acceptors (Lipinski definition) is 6. The number of alkyl halides is 6. The first-order chi connectivity index (χ1) is 17.2. The lowest BCUT2D eigenvalue weighted by molar-refractivity contribution is -0.143. The number of aliphatic imine (C=N–C) groups is 1. The fraction of sp³-hybridized carbons (Fsp3) is 0.304. The molecule has 2 unspecified atom stereocenters. The van der Waals surface area contributed by atoms with Crippen LogP contribution in [0, 0.1) is 5.82 Å². The number of carbonyl (C=O) groups is 1. The van der Waals surface area contributed by atoms with Gasteiger partial charge in [0, 0.05) is 36.3 Å². The molecule has 7 nitrogen and oxygen atoms in total. The van der Waals surface area contributed by atoms with E-state index in [1.165, 1.54) is 0 Å². The third-order valence-electron chi connectivity index (χ3n) is 5.32. The van der Waals surface area contributed by atoms with Crippen molar-refractivity contribution < 1.29 is 50.1 Å². The van der Waals surface area contributed by atoms with Gasteiger partial charge in [-0.2, -0.15) is 26.3 Å². The van der Waals surface area contributed by atoms with E-state index in [0.717, 1.165) is 42.4 Å². The highest BCUT2D eigenvalue weighted by molar-refractivity contribution is 6.11. The van der Waals surface area contributed by atoms with Crippen LogP contribution in [-0.2, 0) is 17.1 Å². The van der Waals surface area contributed by atoms with Gasteiger partial charge in [-0.15, -0.1) is 0 Å². The number of carbonyl (C=O) groups excluding carboxylic acids is 1. The molecule has 1 aliphatic rings. The molecule has 1 aliphatic heterocycles. The number of ether oxygens (including phenoxy) is 2. The lowest BCUT2D eigenvalue weighted by Crippen LogP contribution is -2.30. The molecule has 0 aliphatic carbocycles. The van der Waals surface area contributed by atoms with Crippen LogP contribution in [0.25, 0.3) is 5.57 Å². The SMILES string of the molecule is CN(C(=O)Oc1c(C(C=NC2COCC2O)=CN)cc(C(F)(F)F)cc1C(F)(F)F)c1ccc(F)cc1. The molecule has 2 atom stereocenters. The van der Waals surface area contributed by atoms with Gasteiger partial charge in [-0.3, -0.25) is 9.89 Å². The smallest absolute Gasteiger partial charge is 0.409 e. The van der Waals surface area contributed by atoms with E-state index in [9.17, 15) is 40.6 Å². The minimum Gasteiger partial charge on any atom is -0.409 e. The van der Waals surface area contributed by atoms with Crippen LogP contribution in [0.15, 0.2) is 47.6 Å². The van der Waals surface area contributed by atoms with Gasteiger partial charge in [-0.05, 0) is 36.4 Å². The Bertz CT molecular complexity index is 1190. The highest BCUT2D eigenvalue weighted by atomic mass is 19.4. The van der Waals surface area contributed by atoms with E-state index in [4.69, 9.17) is 15.2 Å². The minimum atomic E-state index is -5.38. The van der Waals surface area contributed by atoms with Crippen LogP contribution in [0.1, 0.15) is 16.7 Å². The Kier molecular flexibility index (Phi) is 8.12. The van der Waals surface area contributed by atoms with Gasteiger partial charge in [0.25, 0.3) is 0 Å². The molecular formula is C23H20F7N3O4. The lowest BCUT2D eigenvalue weighted by Gasteiger charge is -2.22. The molecule has 1 amide bonds. The van der Waals surface area contributed by atoms with Crippen molar-refractivity contribution in [1.29, 1.82) is 0 Å². The van der Waals surface area contributed by atoms with Gasteiger partial charge in [0.15, 0.2) is 5.75 Å². The average molecular weight is 535 g/mol. The molecule has 14 heteroatoms. The van der Waals surface area contributed by atoms with Gasteiger partial charge in [-0.25, -0.2) is 9.18 Å². The number of rotatable bonds is 5. The monoisotopic (exact) mass is 535 g/mol. The Hall–Kier alpha value is -3.65. The molecule has 37 heavy (non-hydrogen) atoms. The minimum absolute atomic E-state index is 0.0276. The molecule has 1 heterocycles. The molecule has 0 aromatic heterocycles. The van der Waals surface area contributed by atoms with Crippen molar-refractivity contribution in [2.75, 3.05) is 25.2 Å². The van der Waals surface area contributed by atoms with Crippen molar-refractivity contribution in [3.63, 3.8) is 0 Å². The first-order valence-electron chi connectivity index (χ1n) is 10.5. The summed E-state index contributed by atoms with van der Waals surface area (Å²) in [4.78, 5) is 17.4. The van der Waals surface area contributed by atoms with E-state index in [1.807, 2.05) is 0 Å². The largest absolute Gasteiger partial charge is 0.420 e. The van der Waals surface area contributed by atoms with E-state index in [1.54, 1.807) is 0 Å². The third-order valence-corrected chi connectivity index (χ3v) is 5.32. The number of hydrogen-bond donors (Lipinski definition) is 2. The molecule has 1 fully saturated rings. The van der Waals surface area contributed by atoms with Crippen LogP contribution in [-0.4, -0.2) is 49.8 Å². The van der Waals surface area contributed by atoms with Crippen LogP contribution in [0.4, 0.5) is 41.2 Å². The molecule has 0 bridgehead atoms. The highest BCUT2D eigenvalue weighted by Gasteiger charge is 2.41. The summed E-state index contributed by atoms with van der Waals surface area (Å²) in [6.07, 6.45) is -11.5. The van der Waals surface area contributed by atoms with E-state index >= 15 is 0 Å². The van der Waals surface area contributed by atoms with Crippen LogP contribution >= 0.6 is 0 Å². The number of halogens is 7. The molecule has 3 rings (SSSR count). The number of nitrogens with zero attached hydrogens (tertiary/aromatic N) is 2. The molecular weight excluding hydrogens is 515 g/mol. The number of nitrogens with two attached hydrogens (primary N) is 1. The van der Waals surface area contributed by atoms with Crippen LogP contribution in [0.5, 0.6) is 5.75 Å². The Morgan fingerprint density at radius 3 is 2.30 bits per heavy atom. The van der Waals surface area contributed by atoms with Gasteiger partial charge < -0.3 is 20.3 Å². The quantitative estimate of drug-likeness (QED) is 0.430. The molecule has 0 radical (unpaired) electrons. The Balaban J connectivity index is 2.13. The van der Waals surface area contributed by atoms with Gasteiger partial charge in [0.05, 0.1) is 24.3 Å². The average Bonchev–Trinajstić information content (AvgIpc) is 3.23. The molecule has 2 aromatic carbocycles. The zero-order valence-electron chi connectivity index (χ0n) is 19.0. The maximum absolute atomic E-state index is 13.9. The fourth-order valence-corrected chi connectivity index (χ4v) is 3.31. The van der Waals surface area contributed by atoms with Crippen LogP contribution in [0.3, 0.4) is 0 Å². The zero-order chi connectivity index (χ0) is 27.5. The van der Waals surface area contributed by atoms with Gasteiger partial charge in [0.2, 0.25) is 0 Å². The van der Waals surface area contributed by atoms with Crippen molar-refractivity contribution in [2.45, 2.75) is 24.5 Å². The summed E-state index contributed by atoms with van der Waals surface area (Å²) in [5.74, 6) is -1.91. The summed E-state index contributed by atoms with van der Waals surface area (Å²) < 4.78 is 105. The number of allylic oxidation sites excluding steroid dienone is 1.